The van der Waals surface area contributed by atoms with Crippen molar-refractivity contribution < 1.29 is 14.6 Å². The smallest absolute Gasteiger partial charge is 0.228 e. The molecule has 1 N–H and O–H groups in total. The number of rotatable bonds is 3. The zero-order chi connectivity index (χ0) is 13.2. The summed E-state index contributed by atoms with van der Waals surface area (Å²) in [7, 11) is 0. The molecule has 19 heavy (non-hydrogen) atoms. The number of imidazole rings is 1. The zero-order valence-electron chi connectivity index (χ0n) is 10.4. The highest BCUT2D eigenvalue weighted by atomic mass is 32.1. The van der Waals surface area contributed by atoms with E-state index in [4.69, 9.17) is 9.84 Å². The second-order valence-corrected chi connectivity index (χ2v) is 5.39. The lowest BCUT2D eigenvalue weighted by Gasteiger charge is -2.31. The highest BCUT2D eigenvalue weighted by Gasteiger charge is 2.24. The van der Waals surface area contributed by atoms with E-state index in [9.17, 15) is 4.79 Å². The van der Waals surface area contributed by atoms with E-state index in [1.54, 1.807) is 16.2 Å². The average Bonchev–Trinajstić information content (AvgIpc) is 2.99. The molecular formula is C12H15N3O3S. The number of aliphatic hydroxyl groups excluding tert-OH is 1. The molecule has 1 aliphatic heterocycles. The minimum Gasteiger partial charge on any atom is -0.394 e. The summed E-state index contributed by atoms with van der Waals surface area (Å²) < 4.78 is 7.25. The third-order valence-corrected chi connectivity index (χ3v) is 3.94. The van der Waals surface area contributed by atoms with Crippen LogP contribution in [0.5, 0.6) is 0 Å². The first-order chi connectivity index (χ1) is 9.26. The topological polar surface area (TPSA) is 67.1 Å². The van der Waals surface area contributed by atoms with E-state index in [-0.39, 0.29) is 18.6 Å². The Labute approximate surface area is 114 Å². The molecule has 2 aromatic rings. The minimum atomic E-state index is -0.261. The molecule has 1 unspecified atom stereocenters. The van der Waals surface area contributed by atoms with Gasteiger partial charge in [-0.25, -0.2) is 4.98 Å². The number of nitrogens with zero attached hydrogens (tertiary/aromatic N) is 3. The predicted molar refractivity (Wildman–Crippen MR) is 70.2 cm³/mol. The van der Waals surface area contributed by atoms with Crippen molar-refractivity contribution in [2.24, 2.45) is 0 Å². The maximum Gasteiger partial charge on any atom is 0.228 e. The largest absolute Gasteiger partial charge is 0.394 e. The number of hydrogen-bond acceptors (Lipinski definition) is 5. The molecule has 1 aliphatic rings. The van der Waals surface area contributed by atoms with Crippen LogP contribution < -0.4 is 0 Å². The first-order valence-corrected chi connectivity index (χ1v) is 7.05. The third-order valence-electron chi connectivity index (χ3n) is 3.17. The van der Waals surface area contributed by atoms with Gasteiger partial charge < -0.3 is 14.7 Å². The number of thiazole rings is 1. The monoisotopic (exact) mass is 281 g/mol. The molecule has 7 heteroatoms. The summed E-state index contributed by atoms with van der Waals surface area (Å²) in [5, 5.41) is 11.0. The van der Waals surface area contributed by atoms with Crippen LogP contribution in [-0.2, 0) is 16.0 Å². The van der Waals surface area contributed by atoms with Gasteiger partial charge >= 0.3 is 0 Å². The summed E-state index contributed by atoms with van der Waals surface area (Å²) in [6.07, 6.45) is 3.85. The van der Waals surface area contributed by atoms with Gasteiger partial charge in [-0.1, -0.05) is 0 Å². The Kier molecular flexibility index (Phi) is 3.50. The van der Waals surface area contributed by atoms with Crippen LogP contribution in [0.2, 0.25) is 0 Å². The Balaban J connectivity index is 1.65. The van der Waals surface area contributed by atoms with Crippen LogP contribution >= 0.6 is 11.3 Å². The van der Waals surface area contributed by atoms with Crippen LogP contribution in [0, 0.1) is 0 Å². The normalized spacial score (nSPS) is 20.1. The molecule has 2 aromatic heterocycles. The van der Waals surface area contributed by atoms with Crippen molar-refractivity contribution in [2.75, 3.05) is 26.3 Å². The lowest BCUT2D eigenvalue weighted by molar-refractivity contribution is -0.139. The number of carbonyl (C=O) groups is 1. The summed E-state index contributed by atoms with van der Waals surface area (Å²) >= 11 is 1.55. The predicted octanol–water partition coefficient (Wildman–Crippen LogP) is 0.158. The number of aliphatic hydroxyl groups is 1. The van der Waals surface area contributed by atoms with Gasteiger partial charge in [0.25, 0.3) is 0 Å². The van der Waals surface area contributed by atoms with Crippen LogP contribution in [-0.4, -0.2) is 57.7 Å². The number of morpholine rings is 1. The Morgan fingerprint density at radius 1 is 1.63 bits per heavy atom. The molecule has 6 nitrogen and oxygen atoms in total. The van der Waals surface area contributed by atoms with E-state index in [1.165, 1.54) is 0 Å². The lowest BCUT2D eigenvalue weighted by atomic mass is 10.2. The van der Waals surface area contributed by atoms with Crippen molar-refractivity contribution in [3.05, 3.63) is 23.5 Å². The van der Waals surface area contributed by atoms with E-state index in [0.717, 1.165) is 10.7 Å². The van der Waals surface area contributed by atoms with E-state index in [2.05, 4.69) is 4.98 Å². The molecule has 0 saturated carbocycles. The molecule has 102 valence electrons. The average molecular weight is 281 g/mol. The number of amides is 1. The van der Waals surface area contributed by atoms with Gasteiger partial charge in [0, 0.05) is 30.9 Å². The highest BCUT2D eigenvalue weighted by Crippen LogP contribution is 2.13. The molecular weight excluding hydrogens is 266 g/mol. The Bertz CT molecular complexity index is 551. The van der Waals surface area contributed by atoms with E-state index >= 15 is 0 Å². The maximum absolute atomic E-state index is 12.2. The van der Waals surface area contributed by atoms with Gasteiger partial charge in [0.1, 0.15) is 0 Å². The van der Waals surface area contributed by atoms with Crippen molar-refractivity contribution in [3.63, 3.8) is 0 Å². The standard InChI is InChI=1S/C12H15N3O3S/c16-8-10-7-14(1-3-18-10)11(17)5-9-6-15-2-4-19-12(15)13-9/h2,4,6,10,16H,1,3,5,7-8H2. The summed E-state index contributed by atoms with van der Waals surface area (Å²) in [6, 6.07) is 0. The Morgan fingerprint density at radius 3 is 3.32 bits per heavy atom. The van der Waals surface area contributed by atoms with Crippen LogP contribution in [0.3, 0.4) is 0 Å². The first kappa shape index (κ1) is 12.6. The molecule has 1 amide bonds. The molecule has 3 heterocycles. The number of hydrogen-bond donors (Lipinski definition) is 1. The van der Waals surface area contributed by atoms with Gasteiger partial charge in [0.05, 0.1) is 31.4 Å². The molecule has 1 fully saturated rings. The van der Waals surface area contributed by atoms with Crippen LogP contribution in [0.15, 0.2) is 17.8 Å². The number of ether oxygens (including phenoxy) is 1. The Hall–Kier alpha value is -1.44. The van der Waals surface area contributed by atoms with Gasteiger partial charge in [-0.15, -0.1) is 11.3 Å². The van der Waals surface area contributed by atoms with Gasteiger partial charge in [0.15, 0.2) is 4.96 Å². The van der Waals surface area contributed by atoms with Gasteiger partial charge in [-0.05, 0) is 0 Å². The third kappa shape index (κ3) is 2.63. The number of aromatic nitrogens is 2. The molecule has 3 rings (SSSR count). The zero-order valence-corrected chi connectivity index (χ0v) is 11.2. The lowest BCUT2D eigenvalue weighted by Crippen LogP contribution is -2.47. The van der Waals surface area contributed by atoms with Crippen molar-refractivity contribution >= 4 is 22.2 Å². The van der Waals surface area contributed by atoms with E-state index < -0.39 is 0 Å². The first-order valence-electron chi connectivity index (χ1n) is 6.17. The van der Waals surface area contributed by atoms with Crippen molar-refractivity contribution in [1.82, 2.24) is 14.3 Å². The van der Waals surface area contributed by atoms with Gasteiger partial charge in [-0.2, -0.15) is 0 Å². The van der Waals surface area contributed by atoms with Crippen LogP contribution in [0.25, 0.3) is 4.96 Å². The SMILES string of the molecule is O=C(Cc1cn2ccsc2n1)N1CCOC(CO)C1. The Morgan fingerprint density at radius 2 is 2.53 bits per heavy atom. The summed E-state index contributed by atoms with van der Waals surface area (Å²) in [5.41, 5.74) is 0.781. The van der Waals surface area contributed by atoms with Crippen molar-refractivity contribution in [3.8, 4) is 0 Å². The molecule has 0 spiro atoms. The van der Waals surface area contributed by atoms with E-state index in [1.807, 2.05) is 22.2 Å². The fourth-order valence-electron chi connectivity index (χ4n) is 2.18. The van der Waals surface area contributed by atoms with E-state index in [0.29, 0.717) is 26.1 Å². The van der Waals surface area contributed by atoms with Gasteiger partial charge in [-0.3, -0.25) is 9.20 Å². The summed E-state index contributed by atoms with van der Waals surface area (Å²) in [5.74, 6) is 0.0347. The van der Waals surface area contributed by atoms with Crippen molar-refractivity contribution in [2.45, 2.75) is 12.5 Å². The maximum atomic E-state index is 12.2. The van der Waals surface area contributed by atoms with Crippen LogP contribution in [0.4, 0.5) is 0 Å². The quantitative estimate of drug-likeness (QED) is 0.870. The highest BCUT2D eigenvalue weighted by molar-refractivity contribution is 7.15. The fourth-order valence-corrected chi connectivity index (χ4v) is 2.90. The number of carbonyl (C=O) groups excluding carboxylic acids is 1. The number of fused-ring (bicyclic) bond motifs is 1. The summed E-state index contributed by atoms with van der Waals surface area (Å²) in [6.45, 7) is 1.47. The second kappa shape index (κ2) is 5.28. The molecule has 0 aromatic carbocycles. The molecule has 0 bridgehead atoms. The van der Waals surface area contributed by atoms with Gasteiger partial charge in [0.2, 0.25) is 5.91 Å². The fraction of sp³-hybridized carbons (Fsp3) is 0.500. The van der Waals surface area contributed by atoms with Crippen LogP contribution in [0.1, 0.15) is 5.69 Å². The molecule has 0 aliphatic carbocycles. The second-order valence-electron chi connectivity index (χ2n) is 4.52. The summed E-state index contributed by atoms with van der Waals surface area (Å²) in [4.78, 5) is 19.2. The molecule has 0 radical (unpaired) electrons. The van der Waals surface area contributed by atoms with Crippen molar-refractivity contribution in [1.29, 1.82) is 0 Å². The molecule has 1 saturated heterocycles. The molecule has 1 atom stereocenters. The minimum absolute atomic E-state index is 0.0347.